The van der Waals surface area contributed by atoms with Crippen LogP contribution in [0.1, 0.15) is 58.8 Å². The number of allylic oxidation sites excluding steroid dienone is 4. The van der Waals surface area contributed by atoms with Gasteiger partial charge in [-0.15, -0.1) is 0 Å². The highest BCUT2D eigenvalue weighted by Crippen LogP contribution is 2.30. The van der Waals surface area contributed by atoms with E-state index in [4.69, 9.17) is 10.3 Å². The molecule has 2 aliphatic rings. The predicted octanol–water partition coefficient (Wildman–Crippen LogP) is 4.32. The number of rotatable bonds is 3. The SMILES string of the molecule is Cc1cc(C(=O)N2CCC(c3cc(N)on3)CC2)ccc1C1=CCCC=C1. The van der Waals surface area contributed by atoms with Gasteiger partial charge in [-0.3, -0.25) is 4.79 Å². The first kappa shape index (κ1) is 17.6. The summed E-state index contributed by atoms with van der Waals surface area (Å²) < 4.78 is 4.97. The number of nitrogens with zero attached hydrogens (tertiary/aromatic N) is 2. The van der Waals surface area contributed by atoms with Crippen LogP contribution in [0.3, 0.4) is 0 Å². The standard InChI is InChI=1S/C22H25N3O2/c1-15-13-18(7-8-19(15)16-5-3-2-4-6-16)22(26)25-11-9-17(10-12-25)20-14-21(23)27-24-20/h3,5-8,13-14,17H,2,4,9-12,23H2,1H3. The summed E-state index contributed by atoms with van der Waals surface area (Å²) in [7, 11) is 0. The maximum absolute atomic E-state index is 12.9. The summed E-state index contributed by atoms with van der Waals surface area (Å²) in [6, 6.07) is 7.84. The Morgan fingerprint density at radius 2 is 2.04 bits per heavy atom. The number of aromatic nitrogens is 1. The first-order chi connectivity index (χ1) is 13.1. The molecule has 0 radical (unpaired) electrons. The van der Waals surface area contributed by atoms with Crippen molar-refractivity contribution in [3.63, 3.8) is 0 Å². The zero-order valence-corrected chi connectivity index (χ0v) is 15.6. The van der Waals surface area contributed by atoms with Gasteiger partial charge in [-0.05, 0) is 61.4 Å². The van der Waals surface area contributed by atoms with E-state index in [2.05, 4.69) is 36.4 Å². The molecule has 5 nitrogen and oxygen atoms in total. The number of nitrogen functional groups attached to an aromatic ring is 1. The molecule has 1 aliphatic heterocycles. The number of amides is 1. The predicted molar refractivity (Wildman–Crippen MR) is 106 cm³/mol. The molecule has 1 amide bonds. The Morgan fingerprint density at radius 1 is 1.22 bits per heavy atom. The average Bonchev–Trinajstić information content (AvgIpc) is 3.14. The number of hydrogen-bond acceptors (Lipinski definition) is 4. The second-order valence-corrected chi connectivity index (χ2v) is 7.39. The Bertz CT molecular complexity index is 902. The number of carbonyl (C=O) groups is 1. The van der Waals surface area contributed by atoms with Crippen molar-refractivity contribution in [3.8, 4) is 0 Å². The number of piperidine rings is 1. The van der Waals surface area contributed by atoms with E-state index in [0.29, 0.717) is 11.8 Å². The van der Waals surface area contributed by atoms with Gasteiger partial charge >= 0.3 is 0 Å². The Balaban J connectivity index is 1.43. The van der Waals surface area contributed by atoms with E-state index in [1.807, 2.05) is 17.0 Å². The van der Waals surface area contributed by atoms with Crippen LogP contribution in [0.5, 0.6) is 0 Å². The van der Waals surface area contributed by atoms with Crippen LogP contribution in [0, 0.1) is 6.92 Å². The zero-order valence-electron chi connectivity index (χ0n) is 15.6. The van der Waals surface area contributed by atoms with E-state index in [1.54, 1.807) is 6.07 Å². The number of benzene rings is 1. The van der Waals surface area contributed by atoms with Crippen LogP contribution in [-0.2, 0) is 0 Å². The molecule has 1 aliphatic carbocycles. The maximum atomic E-state index is 12.9. The molecule has 5 heteroatoms. The molecular weight excluding hydrogens is 338 g/mol. The van der Waals surface area contributed by atoms with Crippen molar-refractivity contribution in [2.45, 2.75) is 38.5 Å². The molecule has 0 bridgehead atoms. The van der Waals surface area contributed by atoms with Crippen molar-refractivity contribution in [1.82, 2.24) is 10.1 Å². The summed E-state index contributed by atoms with van der Waals surface area (Å²) in [6.45, 7) is 3.53. The molecule has 1 fully saturated rings. The Hall–Kier alpha value is -2.82. The number of hydrogen-bond donors (Lipinski definition) is 1. The van der Waals surface area contributed by atoms with Crippen LogP contribution in [0.2, 0.25) is 0 Å². The molecule has 0 saturated carbocycles. The molecule has 2 heterocycles. The molecule has 27 heavy (non-hydrogen) atoms. The fourth-order valence-corrected chi connectivity index (χ4v) is 3.99. The molecule has 4 rings (SSSR count). The van der Waals surface area contributed by atoms with E-state index in [-0.39, 0.29) is 5.91 Å². The van der Waals surface area contributed by atoms with E-state index >= 15 is 0 Å². The highest BCUT2D eigenvalue weighted by atomic mass is 16.5. The lowest BCUT2D eigenvalue weighted by Crippen LogP contribution is -2.38. The minimum atomic E-state index is 0.107. The molecule has 0 atom stereocenters. The highest BCUT2D eigenvalue weighted by Gasteiger charge is 2.26. The molecule has 140 valence electrons. The van der Waals surface area contributed by atoms with Crippen molar-refractivity contribution in [2.24, 2.45) is 0 Å². The summed E-state index contributed by atoms with van der Waals surface area (Å²) in [5, 5.41) is 4.02. The third kappa shape index (κ3) is 3.68. The van der Waals surface area contributed by atoms with Crippen LogP contribution >= 0.6 is 0 Å². The van der Waals surface area contributed by atoms with E-state index in [1.165, 1.54) is 11.1 Å². The quantitative estimate of drug-likeness (QED) is 0.881. The third-order valence-electron chi connectivity index (χ3n) is 5.53. The van der Waals surface area contributed by atoms with Gasteiger partial charge < -0.3 is 15.2 Å². The molecule has 2 N–H and O–H groups in total. The van der Waals surface area contributed by atoms with Crippen molar-refractivity contribution < 1.29 is 9.32 Å². The second-order valence-electron chi connectivity index (χ2n) is 7.39. The topological polar surface area (TPSA) is 72.4 Å². The van der Waals surface area contributed by atoms with Crippen LogP contribution in [-0.4, -0.2) is 29.1 Å². The smallest absolute Gasteiger partial charge is 0.253 e. The molecule has 0 spiro atoms. The Kier molecular flexibility index (Phi) is 4.84. The third-order valence-corrected chi connectivity index (χ3v) is 5.53. The van der Waals surface area contributed by atoms with Gasteiger partial charge in [0.2, 0.25) is 5.88 Å². The summed E-state index contributed by atoms with van der Waals surface area (Å²) in [6.07, 6.45) is 10.6. The van der Waals surface area contributed by atoms with Gasteiger partial charge in [0.05, 0.1) is 5.69 Å². The summed E-state index contributed by atoms with van der Waals surface area (Å²) >= 11 is 0. The van der Waals surface area contributed by atoms with Crippen LogP contribution in [0.25, 0.3) is 5.57 Å². The molecular formula is C22H25N3O2. The van der Waals surface area contributed by atoms with Gasteiger partial charge in [0.1, 0.15) is 0 Å². The number of nitrogens with two attached hydrogens (primary N) is 1. The van der Waals surface area contributed by atoms with Crippen LogP contribution in [0.15, 0.2) is 47.0 Å². The Morgan fingerprint density at radius 3 is 2.67 bits per heavy atom. The lowest BCUT2D eigenvalue weighted by Gasteiger charge is -2.31. The van der Waals surface area contributed by atoms with Crippen molar-refractivity contribution in [1.29, 1.82) is 0 Å². The monoisotopic (exact) mass is 363 g/mol. The lowest BCUT2D eigenvalue weighted by atomic mass is 9.92. The summed E-state index contributed by atoms with van der Waals surface area (Å²) in [4.78, 5) is 14.9. The fourth-order valence-electron chi connectivity index (χ4n) is 3.99. The highest BCUT2D eigenvalue weighted by molar-refractivity contribution is 5.95. The van der Waals surface area contributed by atoms with Gasteiger partial charge in [0, 0.05) is 30.6 Å². The van der Waals surface area contributed by atoms with Gasteiger partial charge in [-0.25, -0.2) is 0 Å². The summed E-state index contributed by atoms with van der Waals surface area (Å²) in [5.41, 5.74) is 10.9. The minimum absolute atomic E-state index is 0.107. The lowest BCUT2D eigenvalue weighted by molar-refractivity contribution is 0.0711. The molecule has 2 aromatic rings. The summed E-state index contributed by atoms with van der Waals surface area (Å²) in [5.74, 6) is 0.766. The number of anilines is 1. The van der Waals surface area contributed by atoms with E-state index in [9.17, 15) is 4.79 Å². The van der Waals surface area contributed by atoms with E-state index < -0.39 is 0 Å². The maximum Gasteiger partial charge on any atom is 0.253 e. The normalized spacial score (nSPS) is 17.8. The molecule has 1 aromatic carbocycles. The van der Waals surface area contributed by atoms with Crippen molar-refractivity contribution >= 4 is 17.4 Å². The number of carbonyl (C=O) groups excluding carboxylic acids is 1. The van der Waals surface area contributed by atoms with E-state index in [0.717, 1.165) is 55.6 Å². The molecule has 1 saturated heterocycles. The van der Waals surface area contributed by atoms with Gasteiger partial charge in [-0.1, -0.05) is 29.5 Å². The number of aryl methyl sites for hydroxylation is 1. The van der Waals surface area contributed by atoms with Crippen LogP contribution < -0.4 is 5.73 Å². The molecule has 0 unspecified atom stereocenters. The van der Waals surface area contributed by atoms with Gasteiger partial charge in [0.25, 0.3) is 5.91 Å². The number of likely N-dealkylation sites (tertiary alicyclic amines) is 1. The first-order valence-electron chi connectivity index (χ1n) is 9.61. The van der Waals surface area contributed by atoms with Crippen molar-refractivity contribution in [3.05, 3.63) is 64.9 Å². The zero-order chi connectivity index (χ0) is 18.8. The first-order valence-corrected chi connectivity index (χ1v) is 9.61. The largest absolute Gasteiger partial charge is 0.368 e. The van der Waals surface area contributed by atoms with Crippen LogP contribution in [0.4, 0.5) is 5.88 Å². The van der Waals surface area contributed by atoms with Crippen molar-refractivity contribution in [2.75, 3.05) is 18.8 Å². The Labute approximate surface area is 159 Å². The minimum Gasteiger partial charge on any atom is -0.368 e. The molecule has 1 aromatic heterocycles. The van der Waals surface area contributed by atoms with Gasteiger partial charge in [-0.2, -0.15) is 0 Å². The van der Waals surface area contributed by atoms with Gasteiger partial charge in [0.15, 0.2) is 0 Å². The second kappa shape index (κ2) is 7.43. The average molecular weight is 363 g/mol. The fraction of sp³-hybridized carbons (Fsp3) is 0.364.